The minimum absolute atomic E-state index is 0.000901. The van der Waals surface area contributed by atoms with Crippen molar-refractivity contribution in [2.45, 2.75) is 104 Å². The second-order valence-corrected chi connectivity index (χ2v) is 15.2. The van der Waals surface area contributed by atoms with Crippen LogP contribution < -0.4 is 16.0 Å². The lowest BCUT2D eigenvalue weighted by atomic mass is 9.67. The zero-order valence-corrected chi connectivity index (χ0v) is 29.0. The van der Waals surface area contributed by atoms with Gasteiger partial charge in [-0.1, -0.05) is 56.7 Å². The first-order valence-electron chi connectivity index (χ1n) is 17.5. The number of carbonyl (C=O) groups excluding carboxylic acids is 5. The molecule has 4 amide bonds. The Bertz CT molecular complexity index is 1540. The zero-order chi connectivity index (χ0) is 34.6. The van der Waals surface area contributed by atoms with Crippen molar-refractivity contribution in [1.29, 1.82) is 0 Å². The van der Waals surface area contributed by atoms with E-state index in [1.165, 1.54) is 0 Å². The molecule has 1 saturated heterocycles. The largest absolute Gasteiger partial charge is 0.460 e. The molecule has 48 heavy (non-hydrogen) atoms. The number of carbonyl (C=O) groups is 5. The number of nitrogens with zero attached hydrogens (tertiary/aromatic N) is 1. The van der Waals surface area contributed by atoms with Gasteiger partial charge in [-0.25, -0.2) is 4.58 Å². The summed E-state index contributed by atoms with van der Waals surface area (Å²) in [6.45, 7) is 10.6. The van der Waals surface area contributed by atoms with E-state index in [0.29, 0.717) is 25.0 Å². The average molecular weight is 660 g/mol. The number of esters is 1. The fourth-order valence-electron chi connectivity index (χ4n) is 7.57. The van der Waals surface area contributed by atoms with E-state index in [-0.39, 0.29) is 30.6 Å². The molecular formula is C38H51N4O6+. The van der Waals surface area contributed by atoms with E-state index in [0.717, 1.165) is 43.5 Å². The predicted octanol–water partition coefficient (Wildman–Crippen LogP) is 4.60. The van der Waals surface area contributed by atoms with Crippen LogP contribution in [0.4, 0.5) is 5.69 Å². The second-order valence-electron chi connectivity index (χ2n) is 15.2. The molecule has 1 aliphatic carbocycles. The third-order valence-corrected chi connectivity index (χ3v) is 9.87. The first-order chi connectivity index (χ1) is 22.8. The molecule has 3 aliphatic heterocycles. The highest BCUT2D eigenvalue weighted by atomic mass is 16.6. The summed E-state index contributed by atoms with van der Waals surface area (Å²) in [5.74, 6) is -4.32. The summed E-state index contributed by atoms with van der Waals surface area (Å²) in [5, 5.41) is 8.56. The molecule has 258 valence electrons. The normalized spacial score (nSPS) is 25.6. The Hall–Kier alpha value is -4.08. The fraction of sp³-hybridized carbons (Fsp3) is 0.579. The molecule has 10 nitrogen and oxygen atoms in total. The number of imide groups is 1. The summed E-state index contributed by atoms with van der Waals surface area (Å²) < 4.78 is 8.16. The fourth-order valence-corrected chi connectivity index (χ4v) is 7.57. The first-order valence-corrected chi connectivity index (χ1v) is 17.5. The highest BCUT2D eigenvalue weighted by Gasteiger charge is 2.55. The van der Waals surface area contributed by atoms with Crippen LogP contribution in [0.2, 0.25) is 0 Å². The summed E-state index contributed by atoms with van der Waals surface area (Å²) in [6, 6.07) is 7.34. The lowest BCUT2D eigenvalue weighted by Crippen LogP contribution is -2.52. The molecular weight excluding hydrogens is 608 g/mol. The van der Waals surface area contributed by atoms with Gasteiger partial charge in [-0.3, -0.25) is 29.3 Å². The van der Waals surface area contributed by atoms with Crippen molar-refractivity contribution in [2.24, 2.45) is 23.2 Å². The first kappa shape index (κ1) is 35.2. The standard InChI is InChI=1S/C38H50N4O6/c1-24(2)20-27(28(35(46)48-37(3,4)5)22-38-17-11-10-15-29(38)33(44)41-36(38)47)32(43)40-30-21-25-23-42(31-16-9-8-14-26(25)31)19-13-7-6-12-18-39-34(30)45/h8-11,14-16,23-25,27-28,30H,6-7,12-13,17-22H2,1-5H3,(H2-,39,40,41,43,44,45,47)/p+1/t25?,27-,28?,30+,38?/m1/s1. The van der Waals surface area contributed by atoms with E-state index < -0.39 is 52.6 Å². The van der Waals surface area contributed by atoms with Crippen LogP contribution in [0, 0.1) is 23.2 Å². The number of hydrogen-bond acceptors (Lipinski definition) is 6. The van der Waals surface area contributed by atoms with Gasteiger partial charge < -0.3 is 15.4 Å². The predicted molar refractivity (Wildman–Crippen MR) is 182 cm³/mol. The summed E-state index contributed by atoms with van der Waals surface area (Å²) in [6.07, 6.45) is 12.1. The molecule has 3 unspecified atom stereocenters. The zero-order valence-electron chi connectivity index (χ0n) is 29.0. The number of para-hydroxylation sites is 1. The van der Waals surface area contributed by atoms with Gasteiger partial charge in [0.1, 0.15) is 18.2 Å². The molecule has 10 heteroatoms. The maximum absolute atomic E-state index is 14.5. The second kappa shape index (κ2) is 14.6. The van der Waals surface area contributed by atoms with Crippen LogP contribution in [0.1, 0.15) is 97.5 Å². The topological polar surface area (TPSA) is 134 Å². The van der Waals surface area contributed by atoms with Crippen molar-refractivity contribution in [3.8, 4) is 0 Å². The smallest absolute Gasteiger partial charge is 0.310 e. The summed E-state index contributed by atoms with van der Waals surface area (Å²) >= 11 is 0. The molecule has 4 aliphatic rings. The van der Waals surface area contributed by atoms with Crippen molar-refractivity contribution in [3.05, 3.63) is 53.6 Å². The number of hydrogen-bond donors (Lipinski definition) is 3. The third kappa shape index (κ3) is 7.79. The van der Waals surface area contributed by atoms with Gasteiger partial charge in [0, 0.05) is 30.2 Å². The van der Waals surface area contributed by atoms with Gasteiger partial charge >= 0.3 is 5.97 Å². The van der Waals surface area contributed by atoms with Crippen molar-refractivity contribution in [1.82, 2.24) is 16.0 Å². The minimum atomic E-state index is -1.29. The van der Waals surface area contributed by atoms with Gasteiger partial charge in [-0.05, 0) is 65.2 Å². The van der Waals surface area contributed by atoms with Gasteiger partial charge in [-0.15, -0.1) is 0 Å². The van der Waals surface area contributed by atoms with Crippen molar-refractivity contribution >= 4 is 41.5 Å². The third-order valence-electron chi connectivity index (χ3n) is 9.87. The number of rotatable bonds is 8. The highest BCUT2D eigenvalue weighted by molar-refractivity contribution is 6.17. The Balaban J connectivity index is 1.49. The van der Waals surface area contributed by atoms with E-state index in [9.17, 15) is 24.0 Å². The Morgan fingerprint density at radius 1 is 1.06 bits per heavy atom. The average Bonchev–Trinajstić information content (AvgIpc) is 3.50. The Morgan fingerprint density at radius 3 is 2.56 bits per heavy atom. The van der Waals surface area contributed by atoms with Crippen molar-refractivity contribution < 1.29 is 33.3 Å². The molecule has 5 atom stereocenters. The van der Waals surface area contributed by atoms with Crippen LogP contribution in [0.3, 0.4) is 0 Å². The van der Waals surface area contributed by atoms with Crippen LogP contribution in [-0.4, -0.2) is 65.1 Å². The maximum atomic E-state index is 14.5. The van der Waals surface area contributed by atoms with Gasteiger partial charge in [0.15, 0.2) is 6.21 Å². The van der Waals surface area contributed by atoms with Crippen LogP contribution in [0.15, 0.2) is 48.1 Å². The lowest BCUT2D eigenvalue weighted by Gasteiger charge is -2.36. The number of fused-ring (bicyclic) bond motifs is 5. The Morgan fingerprint density at radius 2 is 1.81 bits per heavy atom. The Labute approximate surface area is 283 Å². The summed E-state index contributed by atoms with van der Waals surface area (Å²) in [5.41, 5.74) is 0.392. The summed E-state index contributed by atoms with van der Waals surface area (Å²) in [7, 11) is 0. The van der Waals surface area contributed by atoms with Gasteiger partial charge in [-0.2, -0.15) is 0 Å². The van der Waals surface area contributed by atoms with Gasteiger partial charge in [0.25, 0.3) is 5.91 Å². The number of benzene rings is 1. The molecule has 1 aromatic rings. The van der Waals surface area contributed by atoms with Crippen LogP contribution >= 0.6 is 0 Å². The molecule has 0 radical (unpaired) electrons. The molecule has 3 heterocycles. The lowest BCUT2D eigenvalue weighted by molar-refractivity contribution is -0.433. The molecule has 0 spiro atoms. The molecule has 0 saturated carbocycles. The Kier molecular flexibility index (Phi) is 10.7. The number of amides is 4. The molecule has 1 aromatic carbocycles. The molecule has 0 aromatic heterocycles. The van der Waals surface area contributed by atoms with Gasteiger partial charge in [0.05, 0.1) is 23.2 Å². The van der Waals surface area contributed by atoms with E-state index in [4.69, 9.17) is 4.74 Å². The molecule has 1 fully saturated rings. The van der Waals surface area contributed by atoms with Crippen molar-refractivity contribution in [3.63, 3.8) is 0 Å². The highest BCUT2D eigenvalue weighted by Crippen LogP contribution is 2.47. The summed E-state index contributed by atoms with van der Waals surface area (Å²) in [4.78, 5) is 68.6. The monoisotopic (exact) mass is 659 g/mol. The quantitative estimate of drug-likeness (QED) is 0.212. The maximum Gasteiger partial charge on any atom is 0.310 e. The van der Waals surface area contributed by atoms with E-state index in [1.54, 1.807) is 32.9 Å². The minimum Gasteiger partial charge on any atom is -0.460 e. The van der Waals surface area contributed by atoms with Crippen LogP contribution in [-0.2, 0) is 28.7 Å². The number of ether oxygens (including phenoxy) is 1. The van der Waals surface area contributed by atoms with Crippen molar-refractivity contribution in [2.75, 3.05) is 13.1 Å². The van der Waals surface area contributed by atoms with E-state index in [2.05, 4.69) is 38.9 Å². The van der Waals surface area contributed by atoms with E-state index in [1.807, 2.05) is 32.1 Å². The van der Waals surface area contributed by atoms with Crippen LogP contribution in [0.25, 0.3) is 0 Å². The number of allylic oxidation sites excluding steroid dienone is 3. The molecule has 2 bridgehead atoms. The molecule has 3 N–H and O–H groups in total. The SMILES string of the molecule is CC(C)C[C@@H](C(=O)N[C@H]1CC2C=[N+](CCCCCCNC1=O)c1ccccc12)C(CC12CC=CC=C1C(=O)NC2=O)C(=O)OC(C)(C)C. The number of nitrogens with one attached hydrogen (secondary N) is 3. The van der Waals surface area contributed by atoms with E-state index >= 15 is 0 Å². The van der Waals surface area contributed by atoms with Gasteiger partial charge in [0.2, 0.25) is 23.4 Å². The van der Waals surface area contributed by atoms with Crippen LogP contribution in [0.5, 0.6) is 0 Å². The molecule has 5 rings (SSSR count).